The quantitative estimate of drug-likeness (QED) is 0.413. The van der Waals surface area contributed by atoms with Crippen LogP contribution in [0.1, 0.15) is 27.2 Å². The fraction of sp³-hybridized carbons (Fsp3) is 1.00. The van der Waals surface area contributed by atoms with Crippen molar-refractivity contribution >= 4 is 7.98 Å². The molecule has 0 aromatic heterocycles. The highest BCUT2D eigenvalue weighted by Crippen LogP contribution is 2.02. The van der Waals surface area contributed by atoms with Gasteiger partial charge in [0.05, 0.1) is 0 Å². The highest BCUT2D eigenvalue weighted by Gasteiger charge is 2.00. The minimum absolute atomic E-state index is 0.579. The smallest absolute Gasteiger partial charge is 0.201 e. The predicted molar refractivity (Wildman–Crippen MR) is 43.7 cm³/mol. The molecule has 0 bridgehead atoms. The molecule has 0 amide bonds. The normalized spacial score (nSPS) is 14.2. The number of hydrogen-bond donors (Lipinski definition) is 2. The minimum atomic E-state index is 0.579. The van der Waals surface area contributed by atoms with Crippen molar-refractivity contribution in [3.63, 3.8) is 0 Å². The molecule has 1 atom stereocenters. The SMILES string of the molecule is BNN[C@@H](C)CC(C)C. The van der Waals surface area contributed by atoms with E-state index in [1.807, 2.05) is 7.98 Å². The summed E-state index contributed by atoms with van der Waals surface area (Å²) in [5.41, 5.74) is 3.13. The van der Waals surface area contributed by atoms with E-state index in [2.05, 4.69) is 31.5 Å². The van der Waals surface area contributed by atoms with E-state index >= 15 is 0 Å². The summed E-state index contributed by atoms with van der Waals surface area (Å²) in [6.07, 6.45) is 1.22. The lowest BCUT2D eigenvalue weighted by Crippen LogP contribution is -2.37. The van der Waals surface area contributed by atoms with Gasteiger partial charge in [-0.3, -0.25) is 5.43 Å². The monoisotopic (exact) mass is 128 g/mol. The maximum absolute atomic E-state index is 3.13. The Bertz CT molecular complexity index is 66.1. The van der Waals surface area contributed by atoms with Gasteiger partial charge in [0.1, 0.15) is 0 Å². The molecule has 0 fully saturated rings. The largest absolute Gasteiger partial charge is 0.305 e. The first-order chi connectivity index (χ1) is 4.16. The van der Waals surface area contributed by atoms with Crippen LogP contribution < -0.4 is 10.8 Å². The Labute approximate surface area is 58.8 Å². The Balaban J connectivity index is 3.15. The number of hydrazine groups is 1. The molecule has 2 N–H and O–H groups in total. The molecule has 0 saturated carbocycles. The summed E-state index contributed by atoms with van der Waals surface area (Å²) in [7, 11) is 1.90. The van der Waals surface area contributed by atoms with Crippen molar-refractivity contribution in [1.82, 2.24) is 10.8 Å². The van der Waals surface area contributed by atoms with Gasteiger partial charge in [-0.05, 0) is 19.3 Å². The molecular formula is C6H17BN2. The third-order valence-electron chi connectivity index (χ3n) is 1.22. The maximum atomic E-state index is 3.13. The van der Waals surface area contributed by atoms with Gasteiger partial charge >= 0.3 is 0 Å². The number of hydrogen-bond acceptors (Lipinski definition) is 2. The van der Waals surface area contributed by atoms with Gasteiger partial charge in [0.2, 0.25) is 7.98 Å². The lowest BCUT2D eigenvalue weighted by atomic mass is 10.1. The van der Waals surface area contributed by atoms with Crippen LogP contribution >= 0.6 is 0 Å². The van der Waals surface area contributed by atoms with Crippen LogP contribution in [-0.4, -0.2) is 14.0 Å². The van der Waals surface area contributed by atoms with Crippen LogP contribution in [0.3, 0.4) is 0 Å². The van der Waals surface area contributed by atoms with Crippen LogP contribution in [0.15, 0.2) is 0 Å². The zero-order valence-electron chi connectivity index (χ0n) is 6.86. The first-order valence-corrected chi connectivity index (χ1v) is 3.59. The number of rotatable bonds is 4. The second-order valence-corrected chi connectivity index (χ2v) is 2.92. The van der Waals surface area contributed by atoms with Crippen LogP contribution in [0.4, 0.5) is 0 Å². The van der Waals surface area contributed by atoms with E-state index in [4.69, 9.17) is 0 Å². The molecule has 0 aliphatic rings. The van der Waals surface area contributed by atoms with Gasteiger partial charge in [0.15, 0.2) is 0 Å². The minimum Gasteiger partial charge on any atom is -0.305 e. The van der Waals surface area contributed by atoms with E-state index in [0.29, 0.717) is 6.04 Å². The molecule has 2 nitrogen and oxygen atoms in total. The standard InChI is InChI=1S/C6H17BN2/c1-5(2)4-6(3)8-9-7/h5-6,8-9H,4,7H2,1-3H3/t6-/m0/s1. The molecule has 54 valence electrons. The average molecular weight is 128 g/mol. The Morgan fingerprint density at radius 3 is 2.22 bits per heavy atom. The van der Waals surface area contributed by atoms with E-state index in [-0.39, 0.29) is 0 Å². The molecule has 0 aliphatic heterocycles. The molecule has 0 saturated heterocycles. The van der Waals surface area contributed by atoms with Gasteiger partial charge in [-0.15, -0.1) is 0 Å². The van der Waals surface area contributed by atoms with Crippen molar-refractivity contribution in [2.24, 2.45) is 5.92 Å². The molecule has 0 radical (unpaired) electrons. The summed E-state index contributed by atoms with van der Waals surface area (Å²) in [5, 5.41) is 2.92. The second kappa shape index (κ2) is 4.83. The van der Waals surface area contributed by atoms with E-state index in [0.717, 1.165) is 5.92 Å². The molecule has 0 spiro atoms. The van der Waals surface area contributed by atoms with Crippen molar-refractivity contribution in [2.75, 3.05) is 0 Å². The van der Waals surface area contributed by atoms with Gasteiger partial charge in [-0.2, -0.15) is 0 Å². The van der Waals surface area contributed by atoms with Crippen LogP contribution in [0.2, 0.25) is 0 Å². The summed E-state index contributed by atoms with van der Waals surface area (Å²) in [6.45, 7) is 6.64. The predicted octanol–water partition coefficient (Wildman–Crippen LogP) is 0.0633. The highest BCUT2D eigenvalue weighted by atomic mass is 15.3. The summed E-state index contributed by atoms with van der Waals surface area (Å²) >= 11 is 0. The Kier molecular flexibility index (Phi) is 4.82. The van der Waals surface area contributed by atoms with Crippen molar-refractivity contribution < 1.29 is 0 Å². The molecular weight excluding hydrogens is 111 g/mol. The Morgan fingerprint density at radius 2 is 1.89 bits per heavy atom. The van der Waals surface area contributed by atoms with E-state index in [1.54, 1.807) is 0 Å². The zero-order chi connectivity index (χ0) is 7.28. The van der Waals surface area contributed by atoms with Crippen LogP contribution in [0, 0.1) is 5.92 Å². The fourth-order valence-corrected chi connectivity index (χ4v) is 1.01. The summed E-state index contributed by atoms with van der Waals surface area (Å²) in [4.78, 5) is 0. The van der Waals surface area contributed by atoms with Gasteiger partial charge in [0.25, 0.3) is 0 Å². The van der Waals surface area contributed by atoms with Crippen molar-refractivity contribution in [3.8, 4) is 0 Å². The Hall–Kier alpha value is -0.0151. The highest BCUT2D eigenvalue weighted by molar-refractivity contribution is 6.03. The topological polar surface area (TPSA) is 24.1 Å². The molecule has 9 heavy (non-hydrogen) atoms. The fourth-order valence-electron chi connectivity index (χ4n) is 1.01. The van der Waals surface area contributed by atoms with Crippen molar-refractivity contribution in [3.05, 3.63) is 0 Å². The molecule has 0 unspecified atom stereocenters. The lowest BCUT2D eigenvalue weighted by molar-refractivity contribution is 0.433. The van der Waals surface area contributed by atoms with Crippen LogP contribution in [-0.2, 0) is 0 Å². The molecule has 0 heterocycles. The van der Waals surface area contributed by atoms with Crippen LogP contribution in [0.25, 0.3) is 0 Å². The zero-order valence-corrected chi connectivity index (χ0v) is 6.86. The van der Waals surface area contributed by atoms with Gasteiger partial charge in [-0.1, -0.05) is 13.8 Å². The van der Waals surface area contributed by atoms with E-state index < -0.39 is 0 Å². The second-order valence-electron chi connectivity index (χ2n) is 2.92. The summed E-state index contributed by atoms with van der Waals surface area (Å²) in [5.74, 6) is 0.779. The van der Waals surface area contributed by atoms with Gasteiger partial charge in [0, 0.05) is 6.04 Å². The molecule has 0 aromatic rings. The van der Waals surface area contributed by atoms with Gasteiger partial charge in [-0.25, -0.2) is 0 Å². The molecule has 0 rings (SSSR count). The third-order valence-corrected chi connectivity index (χ3v) is 1.22. The van der Waals surface area contributed by atoms with E-state index in [1.165, 1.54) is 6.42 Å². The molecule has 0 aromatic carbocycles. The first-order valence-electron chi connectivity index (χ1n) is 3.59. The van der Waals surface area contributed by atoms with E-state index in [9.17, 15) is 0 Å². The van der Waals surface area contributed by atoms with Gasteiger partial charge < -0.3 is 5.34 Å². The van der Waals surface area contributed by atoms with Crippen molar-refractivity contribution in [1.29, 1.82) is 0 Å². The first kappa shape index (κ1) is 8.98. The van der Waals surface area contributed by atoms with Crippen LogP contribution in [0.5, 0.6) is 0 Å². The average Bonchev–Trinajstić information content (AvgIpc) is 1.63. The third kappa shape index (κ3) is 5.86. The molecule has 0 aliphatic carbocycles. The summed E-state index contributed by atoms with van der Waals surface area (Å²) < 4.78 is 0. The number of nitrogens with one attached hydrogen (secondary N) is 2. The van der Waals surface area contributed by atoms with Crippen molar-refractivity contribution in [2.45, 2.75) is 33.2 Å². The molecule has 3 heteroatoms. The summed E-state index contributed by atoms with van der Waals surface area (Å²) in [6, 6.07) is 0.579. The lowest BCUT2D eigenvalue weighted by Gasteiger charge is -2.14. The Morgan fingerprint density at radius 1 is 1.33 bits per heavy atom. The maximum Gasteiger partial charge on any atom is 0.201 e.